The van der Waals surface area contributed by atoms with E-state index in [0.29, 0.717) is 18.6 Å². The fourth-order valence-electron chi connectivity index (χ4n) is 8.10. The standard InChI is InChI=1S/C20H30O5/c1-11-12-4-5-13-18-7-3-6-17(2,9-21)14(18)8-19(24,25-10-18)20(13,15(11)22)16(12)23/h12-16,21-24H,1,3-10H2,2H3/t12-,13-,14+,15+,16+,17+,18-,19+,20-/m0/s1. The summed E-state index contributed by atoms with van der Waals surface area (Å²) in [6.07, 6.45) is 3.28. The van der Waals surface area contributed by atoms with Gasteiger partial charge in [0.25, 0.3) is 0 Å². The van der Waals surface area contributed by atoms with Crippen LogP contribution in [-0.2, 0) is 4.74 Å². The highest BCUT2D eigenvalue weighted by Crippen LogP contribution is 2.77. The normalized spacial score (nSPS) is 62.6. The van der Waals surface area contributed by atoms with Crippen molar-refractivity contribution >= 4 is 0 Å². The Morgan fingerprint density at radius 3 is 2.68 bits per heavy atom. The smallest absolute Gasteiger partial charge is 0.177 e. The Morgan fingerprint density at radius 2 is 1.96 bits per heavy atom. The monoisotopic (exact) mass is 350 g/mol. The second kappa shape index (κ2) is 4.68. The predicted molar refractivity (Wildman–Crippen MR) is 90.3 cm³/mol. The van der Waals surface area contributed by atoms with Crippen molar-refractivity contribution in [3.05, 3.63) is 12.2 Å². The fraction of sp³-hybridized carbons (Fsp3) is 0.900. The minimum absolute atomic E-state index is 0.00387. The number of ether oxygens (including phenoxy) is 1. The summed E-state index contributed by atoms with van der Waals surface area (Å²) in [6.45, 7) is 6.76. The Hall–Kier alpha value is -0.460. The zero-order chi connectivity index (χ0) is 17.8. The summed E-state index contributed by atoms with van der Waals surface area (Å²) in [5.74, 6) is -1.54. The molecule has 5 nitrogen and oxygen atoms in total. The highest BCUT2D eigenvalue weighted by molar-refractivity contribution is 5.35. The molecule has 4 saturated carbocycles. The number of rotatable bonds is 1. The molecule has 6 aliphatic rings. The summed E-state index contributed by atoms with van der Waals surface area (Å²) >= 11 is 0. The Morgan fingerprint density at radius 1 is 1.20 bits per heavy atom. The van der Waals surface area contributed by atoms with Crippen LogP contribution in [0.5, 0.6) is 0 Å². The van der Waals surface area contributed by atoms with Crippen LogP contribution < -0.4 is 0 Å². The van der Waals surface area contributed by atoms with Gasteiger partial charge >= 0.3 is 0 Å². The number of hydrogen-bond acceptors (Lipinski definition) is 5. The average molecular weight is 350 g/mol. The minimum atomic E-state index is -1.55. The molecule has 2 spiro atoms. The SMILES string of the molecule is C=C1[C@@H](O)[C@]23[C@H](O)[C@H]1CC[C@H]2[C@@]12CCC[C@](C)(CO)[C@H]1C[C@@]3(O)OC2. The van der Waals surface area contributed by atoms with Crippen molar-refractivity contribution in [3.63, 3.8) is 0 Å². The lowest BCUT2D eigenvalue weighted by atomic mass is 9.37. The maximum Gasteiger partial charge on any atom is 0.177 e. The van der Waals surface area contributed by atoms with E-state index in [9.17, 15) is 20.4 Å². The average Bonchev–Trinajstić information content (AvgIpc) is 2.71. The second-order valence-corrected chi connectivity index (χ2v) is 9.82. The first-order valence-corrected chi connectivity index (χ1v) is 9.79. The van der Waals surface area contributed by atoms with Crippen LogP contribution in [-0.4, -0.2) is 51.6 Å². The predicted octanol–water partition coefficient (Wildman–Crippen LogP) is 1.20. The zero-order valence-electron chi connectivity index (χ0n) is 14.9. The lowest BCUT2D eigenvalue weighted by Crippen LogP contribution is -2.79. The third-order valence-corrected chi connectivity index (χ3v) is 9.21. The number of aliphatic hydroxyl groups excluding tert-OH is 3. The lowest BCUT2D eigenvalue weighted by Gasteiger charge is -2.73. The van der Waals surface area contributed by atoms with Gasteiger partial charge < -0.3 is 25.2 Å². The molecule has 0 aromatic carbocycles. The third kappa shape index (κ3) is 1.53. The molecule has 2 heterocycles. The molecule has 0 amide bonds. The topological polar surface area (TPSA) is 90.2 Å². The highest BCUT2D eigenvalue weighted by Gasteiger charge is 2.82. The third-order valence-electron chi connectivity index (χ3n) is 9.21. The molecule has 0 aromatic rings. The van der Waals surface area contributed by atoms with Gasteiger partial charge in [-0.1, -0.05) is 19.9 Å². The Labute approximate surface area is 148 Å². The van der Waals surface area contributed by atoms with E-state index >= 15 is 0 Å². The molecule has 9 atom stereocenters. The van der Waals surface area contributed by atoms with Crippen molar-refractivity contribution < 1.29 is 25.2 Å². The maximum atomic E-state index is 11.6. The molecule has 5 heteroatoms. The molecule has 2 saturated heterocycles. The molecule has 0 radical (unpaired) electrons. The van der Waals surface area contributed by atoms with Crippen molar-refractivity contribution in [3.8, 4) is 0 Å². The van der Waals surface area contributed by atoms with Crippen LogP contribution >= 0.6 is 0 Å². The van der Waals surface area contributed by atoms with E-state index in [-0.39, 0.29) is 35.2 Å². The lowest BCUT2D eigenvalue weighted by molar-refractivity contribution is -0.438. The molecular weight excluding hydrogens is 320 g/mol. The molecule has 6 fully saturated rings. The van der Waals surface area contributed by atoms with E-state index in [1.54, 1.807) is 0 Å². The minimum Gasteiger partial charge on any atom is -0.396 e. The van der Waals surface area contributed by atoms with Gasteiger partial charge in [-0.25, -0.2) is 0 Å². The Balaban J connectivity index is 1.72. The van der Waals surface area contributed by atoms with Crippen molar-refractivity contribution in [2.75, 3.05) is 13.2 Å². The summed E-state index contributed by atoms with van der Waals surface area (Å²) < 4.78 is 6.05. The van der Waals surface area contributed by atoms with Gasteiger partial charge in [-0.2, -0.15) is 0 Å². The molecule has 4 N–H and O–H groups in total. The van der Waals surface area contributed by atoms with Gasteiger partial charge in [0.1, 0.15) is 0 Å². The van der Waals surface area contributed by atoms with E-state index < -0.39 is 23.4 Å². The van der Waals surface area contributed by atoms with Crippen LogP contribution in [0, 0.1) is 34.0 Å². The summed E-state index contributed by atoms with van der Waals surface area (Å²) in [4.78, 5) is 0. The molecule has 0 unspecified atom stereocenters. The van der Waals surface area contributed by atoms with E-state index in [2.05, 4.69) is 13.5 Å². The van der Waals surface area contributed by atoms with Gasteiger partial charge in [-0.05, 0) is 48.5 Å². The Bertz CT molecular complexity index is 636. The molecule has 4 aliphatic carbocycles. The number of aliphatic hydroxyl groups is 4. The first kappa shape index (κ1) is 16.7. The van der Waals surface area contributed by atoms with Crippen LogP contribution in [0.25, 0.3) is 0 Å². The molecule has 4 bridgehead atoms. The van der Waals surface area contributed by atoms with Crippen LogP contribution in [0.3, 0.4) is 0 Å². The molecule has 25 heavy (non-hydrogen) atoms. The van der Waals surface area contributed by atoms with Gasteiger partial charge in [-0.3, -0.25) is 0 Å². The highest BCUT2D eigenvalue weighted by atomic mass is 16.6. The molecule has 140 valence electrons. The van der Waals surface area contributed by atoms with Crippen molar-refractivity contribution in [2.24, 2.45) is 34.0 Å². The molecule has 6 rings (SSSR count). The van der Waals surface area contributed by atoms with Gasteiger partial charge in [0.2, 0.25) is 0 Å². The van der Waals surface area contributed by atoms with Crippen LogP contribution in [0.1, 0.15) is 45.4 Å². The molecular formula is C20H30O5. The molecule has 0 aromatic heterocycles. The van der Waals surface area contributed by atoms with Crippen molar-refractivity contribution in [2.45, 2.75) is 63.4 Å². The molecule has 2 aliphatic heterocycles. The van der Waals surface area contributed by atoms with E-state index in [4.69, 9.17) is 4.74 Å². The van der Waals surface area contributed by atoms with Crippen LogP contribution in [0.15, 0.2) is 12.2 Å². The van der Waals surface area contributed by atoms with Crippen LogP contribution in [0.2, 0.25) is 0 Å². The van der Waals surface area contributed by atoms with Crippen LogP contribution in [0.4, 0.5) is 0 Å². The Kier molecular flexibility index (Phi) is 3.13. The summed E-state index contributed by atoms with van der Waals surface area (Å²) in [5, 5.41) is 44.1. The summed E-state index contributed by atoms with van der Waals surface area (Å²) in [7, 11) is 0. The quantitative estimate of drug-likeness (QED) is 0.534. The number of fused-ring (bicyclic) bond motifs is 2. The van der Waals surface area contributed by atoms with Gasteiger partial charge in [0.05, 0.1) is 24.2 Å². The zero-order valence-corrected chi connectivity index (χ0v) is 14.9. The fourth-order valence-corrected chi connectivity index (χ4v) is 8.10. The van der Waals surface area contributed by atoms with Gasteiger partial charge in [0, 0.05) is 24.4 Å². The maximum absolute atomic E-state index is 11.6. The number of hydrogen-bond donors (Lipinski definition) is 4. The summed E-state index contributed by atoms with van der Waals surface area (Å²) in [5.41, 5.74) is -0.819. The second-order valence-electron chi connectivity index (χ2n) is 9.82. The van der Waals surface area contributed by atoms with E-state index in [1.807, 2.05) is 0 Å². The first-order valence-electron chi connectivity index (χ1n) is 9.79. The van der Waals surface area contributed by atoms with E-state index in [1.165, 1.54) is 0 Å². The van der Waals surface area contributed by atoms with E-state index in [0.717, 1.165) is 32.1 Å². The largest absolute Gasteiger partial charge is 0.396 e. The van der Waals surface area contributed by atoms with Gasteiger partial charge in [0.15, 0.2) is 5.79 Å². The van der Waals surface area contributed by atoms with Crippen molar-refractivity contribution in [1.82, 2.24) is 0 Å². The first-order chi connectivity index (χ1) is 11.8. The summed E-state index contributed by atoms with van der Waals surface area (Å²) in [6, 6.07) is 0. The van der Waals surface area contributed by atoms with Gasteiger partial charge in [-0.15, -0.1) is 0 Å². The van der Waals surface area contributed by atoms with Crippen molar-refractivity contribution in [1.29, 1.82) is 0 Å².